The Labute approximate surface area is 197 Å². The summed E-state index contributed by atoms with van der Waals surface area (Å²) in [6.45, 7) is 3.95. The lowest BCUT2D eigenvalue weighted by molar-refractivity contribution is -0.143. The van der Waals surface area contributed by atoms with Crippen LogP contribution in [0.1, 0.15) is 11.4 Å². The molecule has 10 nitrogen and oxygen atoms in total. The molecule has 2 aliphatic heterocycles. The number of hydrogen-bond acceptors (Lipinski definition) is 9. The number of nitrogens with two attached hydrogens (primary N) is 1. The Hall–Kier alpha value is -3.92. The van der Waals surface area contributed by atoms with E-state index in [0.717, 1.165) is 5.56 Å². The largest absolute Gasteiger partial charge is 0.485 e. The lowest BCUT2D eigenvalue weighted by Crippen LogP contribution is -2.53. The average molecular weight is 462 g/mol. The quantitative estimate of drug-likeness (QED) is 0.563. The number of amides is 1. The van der Waals surface area contributed by atoms with Gasteiger partial charge in [-0.15, -0.1) is 0 Å². The van der Waals surface area contributed by atoms with E-state index in [9.17, 15) is 4.79 Å². The van der Waals surface area contributed by atoms with Crippen LogP contribution in [0.15, 0.2) is 54.6 Å². The van der Waals surface area contributed by atoms with Gasteiger partial charge in [-0.25, -0.2) is 0 Å². The van der Waals surface area contributed by atoms with Crippen LogP contribution in [-0.2, 0) is 17.9 Å². The van der Waals surface area contributed by atoms with Crippen molar-refractivity contribution in [1.82, 2.24) is 24.8 Å². The third-order valence-corrected chi connectivity index (χ3v) is 5.83. The fourth-order valence-electron chi connectivity index (χ4n) is 4.04. The van der Waals surface area contributed by atoms with Crippen LogP contribution in [-0.4, -0.2) is 69.5 Å². The highest BCUT2D eigenvalue weighted by Crippen LogP contribution is 2.31. The number of nitrogens with one attached hydrogen (secondary N) is 1. The number of anilines is 2. The second-order valence-electron chi connectivity index (χ2n) is 8.24. The minimum atomic E-state index is -0.622. The standard InChI is InChI=1S/C24H27N7O3/c25-23-27-21(28-24(29-23)26-14-17-6-2-1-3-7-17)15-30-10-12-31(13-11-30)22(32)20-16-33-18-8-4-5-9-19(18)34-20/h1-9,20H,10-16H2,(H3,25,26,27,28,29). The van der Waals surface area contributed by atoms with Gasteiger partial charge in [-0.05, 0) is 17.7 Å². The van der Waals surface area contributed by atoms with Gasteiger partial charge in [0.15, 0.2) is 11.5 Å². The molecule has 1 atom stereocenters. The smallest absolute Gasteiger partial charge is 0.267 e. The van der Waals surface area contributed by atoms with Crippen molar-refractivity contribution < 1.29 is 14.3 Å². The summed E-state index contributed by atoms with van der Waals surface area (Å²) < 4.78 is 11.6. The first-order valence-electron chi connectivity index (χ1n) is 11.3. The predicted molar refractivity (Wildman–Crippen MR) is 126 cm³/mol. The number of hydrogen-bond donors (Lipinski definition) is 2. The number of ether oxygens (including phenoxy) is 2. The third-order valence-electron chi connectivity index (χ3n) is 5.83. The molecule has 10 heteroatoms. The van der Waals surface area contributed by atoms with Crippen molar-refractivity contribution in [1.29, 1.82) is 0 Å². The number of para-hydroxylation sites is 2. The lowest BCUT2D eigenvalue weighted by Gasteiger charge is -2.36. The zero-order chi connectivity index (χ0) is 23.3. The third kappa shape index (κ3) is 5.18. The van der Waals surface area contributed by atoms with E-state index >= 15 is 0 Å². The van der Waals surface area contributed by atoms with E-state index in [1.165, 1.54) is 0 Å². The van der Waals surface area contributed by atoms with E-state index in [1.807, 2.05) is 59.5 Å². The summed E-state index contributed by atoms with van der Waals surface area (Å²) in [5, 5.41) is 3.21. The molecule has 5 rings (SSSR count). The zero-order valence-corrected chi connectivity index (χ0v) is 18.8. The molecule has 34 heavy (non-hydrogen) atoms. The Morgan fingerprint density at radius 1 is 0.971 bits per heavy atom. The monoisotopic (exact) mass is 461 g/mol. The highest BCUT2D eigenvalue weighted by Gasteiger charge is 2.32. The molecule has 1 aromatic heterocycles. The summed E-state index contributed by atoms with van der Waals surface area (Å²) in [4.78, 5) is 30.0. The number of aromatic nitrogens is 3. The molecule has 1 amide bonds. The number of piperazine rings is 1. The summed E-state index contributed by atoms with van der Waals surface area (Å²) in [5.41, 5.74) is 7.04. The molecule has 3 aromatic rings. The minimum Gasteiger partial charge on any atom is -0.485 e. The Balaban J connectivity index is 1.13. The predicted octanol–water partition coefficient (Wildman–Crippen LogP) is 1.55. The van der Waals surface area contributed by atoms with Crippen LogP contribution in [0, 0.1) is 0 Å². The number of nitrogen functional groups attached to an aromatic ring is 1. The van der Waals surface area contributed by atoms with Gasteiger partial charge < -0.3 is 25.4 Å². The Kier molecular flexibility index (Phi) is 6.39. The average Bonchev–Trinajstić information content (AvgIpc) is 2.87. The number of fused-ring (bicyclic) bond motifs is 1. The number of nitrogens with zero attached hydrogens (tertiary/aromatic N) is 5. The maximum absolute atomic E-state index is 13.0. The van der Waals surface area contributed by atoms with Gasteiger partial charge >= 0.3 is 0 Å². The molecule has 0 saturated carbocycles. The molecule has 3 N–H and O–H groups in total. The molecule has 1 unspecified atom stereocenters. The van der Waals surface area contributed by atoms with Gasteiger partial charge in [0.05, 0.1) is 6.54 Å². The number of carbonyl (C=O) groups excluding carboxylic acids is 1. The minimum absolute atomic E-state index is 0.0500. The summed E-state index contributed by atoms with van der Waals surface area (Å²) >= 11 is 0. The Bertz CT molecular complexity index is 1140. The molecular formula is C24H27N7O3. The molecule has 2 aliphatic rings. The SMILES string of the molecule is Nc1nc(CN2CCN(C(=O)C3COc4ccccc4O3)CC2)nc(NCc2ccccc2)n1. The van der Waals surface area contributed by atoms with Crippen LogP contribution in [0.25, 0.3) is 0 Å². The normalized spacial score (nSPS) is 17.9. The van der Waals surface area contributed by atoms with E-state index in [2.05, 4.69) is 25.2 Å². The first-order valence-corrected chi connectivity index (χ1v) is 11.3. The molecule has 0 radical (unpaired) electrons. The van der Waals surface area contributed by atoms with Crippen molar-refractivity contribution in [2.45, 2.75) is 19.2 Å². The molecule has 176 valence electrons. The lowest BCUT2D eigenvalue weighted by atomic mass is 10.2. The summed E-state index contributed by atoms with van der Waals surface area (Å²) in [7, 11) is 0. The summed E-state index contributed by atoms with van der Waals surface area (Å²) in [6, 6.07) is 17.4. The van der Waals surface area contributed by atoms with E-state index in [1.54, 1.807) is 0 Å². The van der Waals surface area contributed by atoms with E-state index in [-0.39, 0.29) is 18.5 Å². The van der Waals surface area contributed by atoms with Crippen molar-refractivity contribution in [3.05, 3.63) is 66.0 Å². The zero-order valence-electron chi connectivity index (χ0n) is 18.8. The van der Waals surface area contributed by atoms with Gasteiger partial charge in [-0.3, -0.25) is 9.69 Å². The Morgan fingerprint density at radius 3 is 2.50 bits per heavy atom. The van der Waals surface area contributed by atoms with Crippen molar-refractivity contribution in [3.8, 4) is 11.5 Å². The van der Waals surface area contributed by atoms with Crippen molar-refractivity contribution in [3.63, 3.8) is 0 Å². The van der Waals surface area contributed by atoms with Gasteiger partial charge in [-0.2, -0.15) is 15.0 Å². The molecule has 1 fully saturated rings. The van der Waals surface area contributed by atoms with Gasteiger partial charge in [0.25, 0.3) is 5.91 Å². The van der Waals surface area contributed by atoms with Crippen LogP contribution < -0.4 is 20.5 Å². The number of rotatable bonds is 6. The van der Waals surface area contributed by atoms with Crippen molar-refractivity contribution in [2.24, 2.45) is 0 Å². The molecule has 1 saturated heterocycles. The molecular weight excluding hydrogens is 434 g/mol. The van der Waals surface area contributed by atoms with Crippen LogP contribution in [0.2, 0.25) is 0 Å². The Morgan fingerprint density at radius 2 is 1.71 bits per heavy atom. The van der Waals surface area contributed by atoms with Crippen LogP contribution in [0.5, 0.6) is 11.5 Å². The molecule has 2 aromatic carbocycles. The maximum Gasteiger partial charge on any atom is 0.267 e. The maximum atomic E-state index is 13.0. The summed E-state index contributed by atoms with van der Waals surface area (Å²) in [6.07, 6.45) is -0.622. The summed E-state index contributed by atoms with van der Waals surface area (Å²) in [5.74, 6) is 2.47. The highest BCUT2D eigenvalue weighted by atomic mass is 16.6. The van der Waals surface area contributed by atoms with Gasteiger partial charge in [0.2, 0.25) is 18.0 Å². The highest BCUT2D eigenvalue weighted by molar-refractivity contribution is 5.82. The molecule has 0 spiro atoms. The van der Waals surface area contributed by atoms with Gasteiger partial charge in [0.1, 0.15) is 12.4 Å². The number of benzene rings is 2. The van der Waals surface area contributed by atoms with Crippen molar-refractivity contribution >= 4 is 17.8 Å². The van der Waals surface area contributed by atoms with Crippen molar-refractivity contribution in [2.75, 3.05) is 43.8 Å². The van der Waals surface area contributed by atoms with Crippen LogP contribution in [0.4, 0.5) is 11.9 Å². The van der Waals surface area contributed by atoms with Gasteiger partial charge in [-0.1, -0.05) is 42.5 Å². The van der Waals surface area contributed by atoms with Crippen LogP contribution in [0.3, 0.4) is 0 Å². The topological polar surface area (TPSA) is 119 Å². The fraction of sp³-hybridized carbons (Fsp3) is 0.333. The van der Waals surface area contributed by atoms with Gasteiger partial charge in [0, 0.05) is 32.7 Å². The molecule has 0 bridgehead atoms. The first-order chi connectivity index (χ1) is 16.6. The van der Waals surface area contributed by atoms with E-state index in [4.69, 9.17) is 15.2 Å². The molecule has 3 heterocycles. The number of carbonyl (C=O) groups is 1. The van der Waals surface area contributed by atoms with E-state index < -0.39 is 6.10 Å². The van der Waals surface area contributed by atoms with Crippen LogP contribution >= 0.6 is 0 Å². The fourth-order valence-corrected chi connectivity index (χ4v) is 4.04. The molecule has 0 aliphatic carbocycles. The first kappa shape index (κ1) is 21.9. The second-order valence-corrected chi connectivity index (χ2v) is 8.24. The van der Waals surface area contributed by atoms with E-state index in [0.29, 0.717) is 62.5 Å². The second kappa shape index (κ2) is 9.92.